The minimum absolute atomic E-state index is 0.0321. The summed E-state index contributed by atoms with van der Waals surface area (Å²) in [4.78, 5) is 13.5. The van der Waals surface area contributed by atoms with E-state index in [-0.39, 0.29) is 11.3 Å². The fourth-order valence-electron chi connectivity index (χ4n) is 2.23. The maximum Gasteiger partial charge on any atom is 0.253 e. The third-order valence-corrected chi connectivity index (χ3v) is 3.62. The first kappa shape index (κ1) is 15.3. The van der Waals surface area contributed by atoms with Gasteiger partial charge in [-0.3, -0.25) is 4.79 Å². The normalized spacial score (nSPS) is 11.3. The van der Waals surface area contributed by atoms with Crippen molar-refractivity contribution in [2.45, 2.75) is 26.2 Å². The first-order valence-electron chi connectivity index (χ1n) is 7.21. The lowest BCUT2D eigenvalue weighted by Crippen LogP contribution is -2.21. The molecule has 0 spiro atoms. The van der Waals surface area contributed by atoms with Crippen LogP contribution in [0.1, 0.15) is 36.7 Å². The Hall–Kier alpha value is -2.09. The molecule has 0 aromatic heterocycles. The number of carbonyl (C=O) groups is 1. The van der Waals surface area contributed by atoms with Crippen molar-refractivity contribution in [1.82, 2.24) is 4.90 Å². The van der Waals surface area contributed by atoms with Crippen LogP contribution in [0.25, 0.3) is 11.1 Å². The fraction of sp³-hybridized carbons (Fsp3) is 0.316. The van der Waals surface area contributed by atoms with Gasteiger partial charge in [0, 0.05) is 19.7 Å². The fourth-order valence-corrected chi connectivity index (χ4v) is 2.23. The Morgan fingerprint density at radius 1 is 0.810 bits per heavy atom. The number of rotatable bonds is 2. The van der Waals surface area contributed by atoms with E-state index in [4.69, 9.17) is 0 Å². The molecule has 110 valence electrons. The minimum Gasteiger partial charge on any atom is -0.345 e. The van der Waals surface area contributed by atoms with Crippen LogP contribution in [0, 0.1) is 0 Å². The molecule has 0 bridgehead atoms. The van der Waals surface area contributed by atoms with Crippen molar-refractivity contribution in [1.29, 1.82) is 0 Å². The molecule has 0 aliphatic carbocycles. The Balaban J connectivity index is 2.25. The van der Waals surface area contributed by atoms with Gasteiger partial charge >= 0.3 is 0 Å². The van der Waals surface area contributed by atoms with Gasteiger partial charge in [-0.15, -0.1) is 0 Å². The molecule has 0 aliphatic heterocycles. The smallest absolute Gasteiger partial charge is 0.253 e. The van der Waals surface area contributed by atoms with Gasteiger partial charge in [-0.2, -0.15) is 0 Å². The molecule has 2 nitrogen and oxygen atoms in total. The Morgan fingerprint density at radius 2 is 1.24 bits per heavy atom. The molecule has 1 amide bonds. The molecule has 0 unspecified atom stereocenters. The second kappa shape index (κ2) is 5.72. The van der Waals surface area contributed by atoms with E-state index in [1.54, 1.807) is 19.0 Å². The van der Waals surface area contributed by atoms with E-state index < -0.39 is 0 Å². The molecule has 0 saturated carbocycles. The van der Waals surface area contributed by atoms with Gasteiger partial charge in [-0.1, -0.05) is 57.2 Å². The zero-order valence-electron chi connectivity index (χ0n) is 13.5. The topological polar surface area (TPSA) is 20.3 Å². The molecular formula is C19H23NO. The molecule has 0 atom stereocenters. The largest absolute Gasteiger partial charge is 0.345 e. The molecule has 0 saturated heterocycles. The Bertz CT molecular complexity index is 616. The van der Waals surface area contributed by atoms with Gasteiger partial charge in [0.15, 0.2) is 0 Å². The highest BCUT2D eigenvalue weighted by Crippen LogP contribution is 2.26. The lowest BCUT2D eigenvalue weighted by molar-refractivity contribution is 0.0827. The van der Waals surface area contributed by atoms with E-state index in [0.717, 1.165) is 11.1 Å². The summed E-state index contributed by atoms with van der Waals surface area (Å²) >= 11 is 0. The average Bonchev–Trinajstić information content (AvgIpc) is 2.46. The van der Waals surface area contributed by atoms with E-state index in [1.165, 1.54) is 11.1 Å². The van der Waals surface area contributed by atoms with Crippen LogP contribution >= 0.6 is 0 Å². The molecule has 0 N–H and O–H groups in total. The van der Waals surface area contributed by atoms with E-state index in [9.17, 15) is 4.79 Å². The van der Waals surface area contributed by atoms with Crippen molar-refractivity contribution in [3.05, 3.63) is 59.7 Å². The molecule has 0 radical (unpaired) electrons. The first-order valence-corrected chi connectivity index (χ1v) is 7.21. The van der Waals surface area contributed by atoms with Crippen LogP contribution in [0.15, 0.2) is 48.5 Å². The van der Waals surface area contributed by atoms with Crippen LogP contribution in [-0.2, 0) is 5.41 Å². The third kappa shape index (κ3) is 3.52. The second-order valence-electron chi connectivity index (χ2n) is 6.60. The lowest BCUT2D eigenvalue weighted by atomic mass is 9.86. The summed E-state index contributed by atoms with van der Waals surface area (Å²) in [7, 11) is 3.53. The number of hydrogen-bond acceptors (Lipinski definition) is 1. The Kier molecular flexibility index (Phi) is 4.17. The predicted molar refractivity (Wildman–Crippen MR) is 88.6 cm³/mol. The van der Waals surface area contributed by atoms with Crippen molar-refractivity contribution < 1.29 is 4.79 Å². The number of benzene rings is 2. The maximum atomic E-state index is 11.9. The number of carbonyl (C=O) groups excluding carboxylic acids is 1. The van der Waals surface area contributed by atoms with Gasteiger partial charge in [0.2, 0.25) is 0 Å². The number of hydrogen-bond donors (Lipinski definition) is 0. The summed E-state index contributed by atoms with van der Waals surface area (Å²) in [6, 6.07) is 16.4. The molecule has 2 heteroatoms. The third-order valence-electron chi connectivity index (χ3n) is 3.62. The van der Waals surface area contributed by atoms with Crippen LogP contribution in [0.4, 0.5) is 0 Å². The lowest BCUT2D eigenvalue weighted by Gasteiger charge is -2.19. The van der Waals surface area contributed by atoms with E-state index >= 15 is 0 Å². The molecule has 0 heterocycles. The summed E-state index contributed by atoms with van der Waals surface area (Å²) in [5.74, 6) is 0.0321. The zero-order valence-corrected chi connectivity index (χ0v) is 13.5. The molecule has 2 aromatic carbocycles. The zero-order chi connectivity index (χ0) is 15.6. The van der Waals surface area contributed by atoms with Gasteiger partial charge in [0.25, 0.3) is 5.91 Å². The van der Waals surface area contributed by atoms with Crippen molar-refractivity contribution >= 4 is 5.91 Å². The van der Waals surface area contributed by atoms with E-state index in [2.05, 4.69) is 45.0 Å². The van der Waals surface area contributed by atoms with Gasteiger partial charge < -0.3 is 4.90 Å². The summed E-state index contributed by atoms with van der Waals surface area (Å²) < 4.78 is 0. The van der Waals surface area contributed by atoms with Crippen molar-refractivity contribution in [2.75, 3.05) is 14.1 Å². The quantitative estimate of drug-likeness (QED) is 0.801. The molecule has 2 aromatic rings. The average molecular weight is 281 g/mol. The van der Waals surface area contributed by atoms with Crippen LogP contribution in [-0.4, -0.2) is 24.9 Å². The highest BCUT2D eigenvalue weighted by Gasteiger charge is 2.13. The summed E-state index contributed by atoms with van der Waals surface area (Å²) in [5, 5.41) is 0. The van der Waals surface area contributed by atoms with Crippen molar-refractivity contribution in [3.63, 3.8) is 0 Å². The molecular weight excluding hydrogens is 258 g/mol. The first-order chi connectivity index (χ1) is 9.79. The van der Waals surface area contributed by atoms with Crippen LogP contribution < -0.4 is 0 Å². The van der Waals surface area contributed by atoms with Gasteiger partial charge in [0.1, 0.15) is 0 Å². The van der Waals surface area contributed by atoms with Gasteiger partial charge in [-0.05, 0) is 34.2 Å². The summed E-state index contributed by atoms with van der Waals surface area (Å²) in [5.41, 5.74) is 4.51. The standard InChI is InChI=1S/C19H23NO/c1-19(2,3)17-12-10-15(11-13-17)14-6-8-16(9-7-14)18(21)20(4)5/h6-13H,1-5H3. The molecule has 0 fully saturated rings. The Labute approximate surface area is 127 Å². The number of nitrogens with zero attached hydrogens (tertiary/aromatic N) is 1. The van der Waals surface area contributed by atoms with Crippen molar-refractivity contribution in [3.8, 4) is 11.1 Å². The summed E-state index contributed by atoms with van der Waals surface area (Å²) in [6.45, 7) is 6.64. The summed E-state index contributed by atoms with van der Waals surface area (Å²) in [6.07, 6.45) is 0. The van der Waals surface area contributed by atoms with Crippen molar-refractivity contribution in [2.24, 2.45) is 0 Å². The molecule has 2 rings (SSSR count). The Morgan fingerprint density at radius 3 is 1.62 bits per heavy atom. The minimum atomic E-state index is 0.0321. The van der Waals surface area contributed by atoms with Crippen LogP contribution in [0.2, 0.25) is 0 Å². The second-order valence-corrected chi connectivity index (χ2v) is 6.60. The van der Waals surface area contributed by atoms with Crippen LogP contribution in [0.5, 0.6) is 0 Å². The maximum absolute atomic E-state index is 11.9. The monoisotopic (exact) mass is 281 g/mol. The van der Waals surface area contributed by atoms with Crippen LogP contribution in [0.3, 0.4) is 0 Å². The van der Waals surface area contributed by atoms with Gasteiger partial charge in [0.05, 0.1) is 0 Å². The highest BCUT2D eigenvalue weighted by molar-refractivity contribution is 5.94. The molecule has 21 heavy (non-hydrogen) atoms. The highest BCUT2D eigenvalue weighted by atomic mass is 16.2. The van der Waals surface area contributed by atoms with E-state index in [1.807, 2.05) is 24.3 Å². The predicted octanol–water partition coefficient (Wildman–Crippen LogP) is 4.35. The molecule has 0 aliphatic rings. The van der Waals surface area contributed by atoms with E-state index in [0.29, 0.717) is 0 Å². The van der Waals surface area contributed by atoms with Gasteiger partial charge in [-0.25, -0.2) is 0 Å². The number of amides is 1. The SMILES string of the molecule is CN(C)C(=O)c1ccc(-c2ccc(C(C)(C)C)cc2)cc1.